The Morgan fingerprint density at radius 3 is 2.47 bits per heavy atom. The molecule has 0 aliphatic carbocycles. The lowest BCUT2D eigenvalue weighted by Crippen LogP contribution is -2.26. The molecule has 94 valence electrons. The summed E-state index contributed by atoms with van der Waals surface area (Å²) in [6.45, 7) is 11.8. The highest BCUT2D eigenvalue weighted by Crippen LogP contribution is 2.49. The maximum absolute atomic E-state index is 2.39. The van der Waals surface area contributed by atoms with Gasteiger partial charge in [0.15, 0.2) is 0 Å². The van der Waals surface area contributed by atoms with Gasteiger partial charge in [0, 0.05) is 10.6 Å². The predicted octanol–water partition coefficient (Wildman–Crippen LogP) is 5.65. The highest BCUT2D eigenvalue weighted by molar-refractivity contribution is 8.76. The Balaban J connectivity index is 2.37. The minimum Gasteiger partial charge on any atom is -0.0841 e. The average molecular weight is 266 g/mol. The summed E-state index contributed by atoms with van der Waals surface area (Å²) in [5, 5.41) is 0. The second-order valence-corrected chi connectivity index (χ2v) is 9.09. The van der Waals surface area contributed by atoms with Gasteiger partial charge in [0.1, 0.15) is 0 Å². The predicted molar refractivity (Wildman–Crippen MR) is 80.7 cm³/mol. The van der Waals surface area contributed by atoms with E-state index in [-0.39, 0.29) is 5.41 Å². The van der Waals surface area contributed by atoms with Crippen molar-refractivity contribution in [3.63, 3.8) is 0 Å². The molecule has 1 aliphatic heterocycles. The van der Waals surface area contributed by atoms with E-state index in [1.54, 1.807) is 11.1 Å². The first-order valence-corrected chi connectivity index (χ1v) is 8.53. The van der Waals surface area contributed by atoms with Gasteiger partial charge < -0.3 is 0 Å². The van der Waals surface area contributed by atoms with E-state index in [4.69, 9.17) is 0 Å². The Hall–Kier alpha value is -0.0800. The lowest BCUT2D eigenvalue weighted by atomic mass is 9.71. The van der Waals surface area contributed by atoms with Crippen LogP contribution in [0.15, 0.2) is 23.1 Å². The number of benzene rings is 1. The first-order chi connectivity index (χ1) is 7.80. The van der Waals surface area contributed by atoms with Crippen molar-refractivity contribution in [2.24, 2.45) is 5.41 Å². The minimum atomic E-state index is 0.273. The first-order valence-electron chi connectivity index (χ1n) is 6.21. The van der Waals surface area contributed by atoms with Gasteiger partial charge in [0.25, 0.3) is 0 Å². The fourth-order valence-electron chi connectivity index (χ4n) is 3.00. The molecule has 2 rings (SSSR count). The third-order valence-corrected chi connectivity index (χ3v) is 5.52. The summed E-state index contributed by atoms with van der Waals surface area (Å²) in [5.41, 5.74) is 3.79. The summed E-state index contributed by atoms with van der Waals surface area (Å²) in [5.74, 6) is 1.17. The molecule has 0 atom stereocenters. The molecule has 0 spiro atoms. The summed E-state index contributed by atoms with van der Waals surface area (Å²) in [6.07, 6.45) is 1.23. The maximum atomic E-state index is 2.39. The summed E-state index contributed by atoms with van der Waals surface area (Å²) in [6, 6.07) is 6.81. The van der Waals surface area contributed by atoms with Crippen molar-refractivity contribution < 1.29 is 0 Å². The molecule has 0 saturated heterocycles. The van der Waals surface area contributed by atoms with Crippen molar-refractivity contribution in [2.75, 3.05) is 0 Å². The van der Waals surface area contributed by atoms with Crippen LogP contribution >= 0.6 is 21.6 Å². The summed E-state index contributed by atoms with van der Waals surface area (Å²) in [7, 11) is 3.90. The van der Waals surface area contributed by atoms with Crippen LogP contribution in [0.2, 0.25) is 0 Å². The van der Waals surface area contributed by atoms with Crippen molar-refractivity contribution in [1.82, 2.24) is 0 Å². The summed E-state index contributed by atoms with van der Waals surface area (Å²) in [4.78, 5) is 1.48. The van der Waals surface area contributed by atoms with Crippen LogP contribution < -0.4 is 0 Å². The summed E-state index contributed by atoms with van der Waals surface area (Å²) >= 11 is 0. The molecule has 0 bridgehead atoms. The van der Waals surface area contributed by atoms with Crippen molar-refractivity contribution in [1.29, 1.82) is 0 Å². The van der Waals surface area contributed by atoms with Crippen LogP contribution in [0.1, 0.15) is 52.2 Å². The van der Waals surface area contributed by atoms with E-state index in [1.165, 1.54) is 17.1 Å². The molecule has 0 amide bonds. The average Bonchev–Trinajstić information content (AvgIpc) is 2.60. The zero-order valence-corrected chi connectivity index (χ0v) is 13.1. The molecular formula is C15H22S2. The molecule has 0 unspecified atom stereocenters. The lowest BCUT2D eigenvalue weighted by molar-refractivity contribution is 0.283. The molecule has 0 radical (unpaired) electrons. The van der Waals surface area contributed by atoms with Crippen molar-refractivity contribution in [2.45, 2.75) is 57.1 Å². The van der Waals surface area contributed by atoms with Gasteiger partial charge in [-0.05, 0) is 34.4 Å². The van der Waals surface area contributed by atoms with Gasteiger partial charge in [0.2, 0.25) is 0 Å². The fourth-order valence-corrected chi connectivity index (χ4v) is 5.50. The quantitative estimate of drug-likeness (QED) is 0.634. The molecule has 0 fully saturated rings. The van der Waals surface area contributed by atoms with Crippen LogP contribution in [0.4, 0.5) is 0 Å². The minimum absolute atomic E-state index is 0.273. The van der Waals surface area contributed by atoms with Crippen molar-refractivity contribution in [3.8, 4) is 0 Å². The Kier molecular flexibility index (Phi) is 3.57. The molecule has 0 saturated carbocycles. The van der Waals surface area contributed by atoms with Crippen molar-refractivity contribution in [3.05, 3.63) is 29.3 Å². The zero-order valence-electron chi connectivity index (χ0n) is 11.5. The molecule has 1 heterocycles. The smallest absolute Gasteiger partial charge is 0.0306 e. The normalized spacial score (nSPS) is 16.1. The van der Waals surface area contributed by atoms with Gasteiger partial charge in [0.05, 0.1) is 0 Å². The number of rotatable bonds is 2. The van der Waals surface area contributed by atoms with Crippen LogP contribution in [0.5, 0.6) is 0 Å². The van der Waals surface area contributed by atoms with Gasteiger partial charge in [-0.1, -0.05) is 68.3 Å². The second-order valence-electron chi connectivity index (χ2n) is 6.75. The van der Waals surface area contributed by atoms with E-state index >= 15 is 0 Å². The molecule has 17 heavy (non-hydrogen) atoms. The molecule has 0 nitrogen and oxygen atoms in total. The molecule has 1 aromatic carbocycles. The number of hydrogen-bond donors (Lipinski definition) is 0. The zero-order chi connectivity index (χ0) is 12.7. The van der Waals surface area contributed by atoms with E-state index < -0.39 is 0 Å². The molecule has 1 aromatic rings. The van der Waals surface area contributed by atoms with Crippen LogP contribution in [0.25, 0.3) is 0 Å². The van der Waals surface area contributed by atoms with E-state index in [0.29, 0.717) is 5.41 Å². The van der Waals surface area contributed by atoms with Gasteiger partial charge in [-0.3, -0.25) is 0 Å². The Morgan fingerprint density at radius 2 is 1.82 bits per heavy atom. The maximum Gasteiger partial charge on any atom is 0.0306 e. The number of fused-ring (bicyclic) bond motifs is 1. The third kappa shape index (κ3) is 3.03. The molecule has 2 heteroatoms. The highest BCUT2D eigenvalue weighted by Gasteiger charge is 2.31. The molecule has 0 aromatic heterocycles. The van der Waals surface area contributed by atoms with Gasteiger partial charge in [-0.25, -0.2) is 0 Å². The Morgan fingerprint density at radius 1 is 1.12 bits per heavy atom. The van der Waals surface area contributed by atoms with Crippen LogP contribution in [0, 0.1) is 5.41 Å². The van der Waals surface area contributed by atoms with Crippen LogP contribution in [0.3, 0.4) is 0 Å². The van der Waals surface area contributed by atoms with E-state index in [0.717, 1.165) is 0 Å². The summed E-state index contributed by atoms with van der Waals surface area (Å²) < 4.78 is 0. The molecule has 1 aliphatic rings. The van der Waals surface area contributed by atoms with Gasteiger partial charge >= 0.3 is 0 Å². The van der Waals surface area contributed by atoms with E-state index in [2.05, 4.69) is 52.8 Å². The van der Waals surface area contributed by atoms with E-state index in [9.17, 15) is 0 Å². The van der Waals surface area contributed by atoms with Crippen LogP contribution in [-0.2, 0) is 11.2 Å². The highest BCUT2D eigenvalue weighted by atomic mass is 33.1. The first kappa shape index (κ1) is 13.4. The monoisotopic (exact) mass is 266 g/mol. The molecular weight excluding hydrogens is 244 g/mol. The molecule has 0 N–H and O–H groups in total. The Bertz CT molecular complexity index is 413. The lowest BCUT2D eigenvalue weighted by Gasteiger charge is -2.34. The largest absolute Gasteiger partial charge is 0.0841 e. The third-order valence-electron chi connectivity index (χ3n) is 3.19. The van der Waals surface area contributed by atoms with Gasteiger partial charge in [-0.2, -0.15) is 0 Å². The second kappa shape index (κ2) is 4.55. The standard InChI is InChI=1S/C15H22S2/c1-14(2,3)10-15(4,5)12-7-6-8-13-11(12)9-16-17-13/h6-8H,9-10H2,1-5H3. The van der Waals surface area contributed by atoms with Gasteiger partial charge in [-0.15, -0.1) is 0 Å². The fraction of sp³-hybridized carbons (Fsp3) is 0.600. The van der Waals surface area contributed by atoms with Crippen molar-refractivity contribution >= 4 is 21.6 Å². The SMILES string of the molecule is CC(C)(C)CC(C)(C)c1cccc2c1CSS2. The number of hydrogen-bond acceptors (Lipinski definition) is 2. The van der Waals surface area contributed by atoms with Crippen LogP contribution in [-0.4, -0.2) is 0 Å². The topological polar surface area (TPSA) is 0 Å². The Labute approximate surface area is 113 Å². The van der Waals surface area contributed by atoms with E-state index in [1.807, 2.05) is 21.6 Å².